The predicted molar refractivity (Wildman–Crippen MR) is 115 cm³/mol. The smallest absolute Gasteiger partial charge is 0.222 e. The maximum atomic E-state index is 4.61. The number of pyridine rings is 1. The number of imidazole rings is 1. The van der Waals surface area contributed by atoms with Crippen molar-refractivity contribution in [1.82, 2.24) is 29.8 Å². The molecule has 0 saturated heterocycles. The first kappa shape index (κ1) is 18.4. The molecule has 5 rings (SSSR count). The molecule has 1 aliphatic heterocycles. The summed E-state index contributed by atoms with van der Waals surface area (Å²) in [6.45, 7) is 2.41. The summed E-state index contributed by atoms with van der Waals surface area (Å²) in [4.78, 5) is 23.5. The second-order valence-corrected chi connectivity index (χ2v) is 7.42. The molecule has 0 amide bonds. The van der Waals surface area contributed by atoms with Crippen LogP contribution in [0.4, 0.5) is 5.95 Å². The van der Waals surface area contributed by atoms with E-state index >= 15 is 0 Å². The van der Waals surface area contributed by atoms with E-state index in [9.17, 15) is 0 Å². The Bertz CT molecular complexity index is 1080. The van der Waals surface area contributed by atoms with Gasteiger partial charge in [-0.3, -0.25) is 9.88 Å². The Kier molecular flexibility index (Phi) is 5.18. The average Bonchev–Trinajstić information content (AvgIpc) is 3.29. The third-order valence-corrected chi connectivity index (χ3v) is 5.43. The Morgan fingerprint density at radius 2 is 1.77 bits per heavy atom. The summed E-state index contributed by atoms with van der Waals surface area (Å²) in [6.07, 6.45) is 10.2. The van der Waals surface area contributed by atoms with Gasteiger partial charge < -0.3 is 10.3 Å². The van der Waals surface area contributed by atoms with Crippen molar-refractivity contribution in [2.75, 3.05) is 11.9 Å². The molecule has 30 heavy (non-hydrogen) atoms. The van der Waals surface area contributed by atoms with Crippen molar-refractivity contribution in [2.45, 2.75) is 25.6 Å². The number of benzene rings is 1. The van der Waals surface area contributed by atoms with Gasteiger partial charge >= 0.3 is 0 Å². The van der Waals surface area contributed by atoms with Crippen molar-refractivity contribution in [3.63, 3.8) is 0 Å². The van der Waals surface area contributed by atoms with E-state index in [1.54, 1.807) is 6.33 Å². The molecule has 7 heteroatoms. The number of aromatic amines is 1. The van der Waals surface area contributed by atoms with Gasteiger partial charge in [-0.05, 0) is 23.3 Å². The van der Waals surface area contributed by atoms with Gasteiger partial charge in [-0.25, -0.2) is 15.0 Å². The molecule has 2 N–H and O–H groups in total. The van der Waals surface area contributed by atoms with Crippen LogP contribution < -0.4 is 5.32 Å². The summed E-state index contributed by atoms with van der Waals surface area (Å²) in [5, 5.41) is 3.28. The van der Waals surface area contributed by atoms with Crippen LogP contribution >= 0.6 is 0 Å². The van der Waals surface area contributed by atoms with E-state index in [0.29, 0.717) is 12.5 Å². The number of hydrogen-bond donors (Lipinski definition) is 2. The molecule has 1 aromatic carbocycles. The van der Waals surface area contributed by atoms with Crippen molar-refractivity contribution in [3.05, 3.63) is 102 Å². The van der Waals surface area contributed by atoms with Gasteiger partial charge in [0, 0.05) is 62.1 Å². The number of fused-ring (bicyclic) bond motifs is 1. The highest BCUT2D eigenvalue weighted by molar-refractivity contribution is 5.32. The Hall–Kier alpha value is -3.58. The molecular formula is C23H23N7. The summed E-state index contributed by atoms with van der Waals surface area (Å²) in [7, 11) is 0. The van der Waals surface area contributed by atoms with E-state index in [1.165, 1.54) is 16.8 Å². The highest BCUT2D eigenvalue weighted by Crippen LogP contribution is 2.33. The van der Waals surface area contributed by atoms with E-state index in [-0.39, 0.29) is 6.04 Å². The lowest BCUT2D eigenvalue weighted by Crippen LogP contribution is -2.36. The lowest BCUT2D eigenvalue weighted by Gasteiger charge is -2.35. The maximum Gasteiger partial charge on any atom is 0.222 e. The fourth-order valence-electron chi connectivity index (χ4n) is 3.95. The number of H-pyrrole nitrogens is 1. The average molecular weight is 397 g/mol. The zero-order valence-electron chi connectivity index (χ0n) is 16.6. The molecular weight excluding hydrogens is 374 g/mol. The fourth-order valence-corrected chi connectivity index (χ4v) is 3.95. The minimum absolute atomic E-state index is 0.0962. The highest BCUT2D eigenvalue weighted by atomic mass is 15.2. The van der Waals surface area contributed by atoms with Crippen LogP contribution in [0.5, 0.6) is 0 Å². The van der Waals surface area contributed by atoms with Gasteiger partial charge in [0.2, 0.25) is 5.95 Å². The Morgan fingerprint density at radius 1 is 0.967 bits per heavy atom. The van der Waals surface area contributed by atoms with Crippen LogP contribution in [0.15, 0.2) is 73.6 Å². The van der Waals surface area contributed by atoms with Gasteiger partial charge in [0.15, 0.2) is 0 Å². The van der Waals surface area contributed by atoms with Crippen LogP contribution in [0, 0.1) is 0 Å². The molecule has 3 aromatic heterocycles. The van der Waals surface area contributed by atoms with Gasteiger partial charge in [0.25, 0.3) is 0 Å². The van der Waals surface area contributed by atoms with Crippen molar-refractivity contribution < 1.29 is 0 Å². The highest BCUT2D eigenvalue weighted by Gasteiger charge is 2.31. The number of hydrogen-bond acceptors (Lipinski definition) is 6. The second kappa shape index (κ2) is 8.42. The lowest BCUT2D eigenvalue weighted by molar-refractivity contribution is 0.200. The fraction of sp³-hybridized carbons (Fsp3) is 0.217. The first-order valence-corrected chi connectivity index (χ1v) is 10.1. The molecule has 0 aliphatic carbocycles. The summed E-state index contributed by atoms with van der Waals surface area (Å²) in [5.74, 6) is 0.640. The van der Waals surface area contributed by atoms with Crippen molar-refractivity contribution in [3.8, 4) is 0 Å². The summed E-state index contributed by atoms with van der Waals surface area (Å²) < 4.78 is 0. The van der Waals surface area contributed by atoms with E-state index in [4.69, 9.17) is 0 Å². The summed E-state index contributed by atoms with van der Waals surface area (Å²) in [6, 6.07) is 14.5. The van der Waals surface area contributed by atoms with Crippen molar-refractivity contribution >= 4 is 5.95 Å². The molecule has 1 unspecified atom stereocenters. The number of aromatic nitrogens is 5. The van der Waals surface area contributed by atoms with Crippen LogP contribution in [-0.4, -0.2) is 36.4 Å². The molecule has 1 atom stereocenters. The molecule has 150 valence electrons. The van der Waals surface area contributed by atoms with Crippen molar-refractivity contribution in [1.29, 1.82) is 0 Å². The lowest BCUT2D eigenvalue weighted by atomic mass is 9.96. The Balaban J connectivity index is 1.31. The van der Waals surface area contributed by atoms with E-state index in [2.05, 4.69) is 59.4 Å². The van der Waals surface area contributed by atoms with Gasteiger partial charge in [0.1, 0.15) is 0 Å². The molecule has 4 aromatic rings. The topological polar surface area (TPSA) is 82.6 Å². The number of anilines is 1. The normalized spacial score (nSPS) is 16.2. The zero-order chi connectivity index (χ0) is 20.2. The van der Waals surface area contributed by atoms with E-state index in [0.717, 1.165) is 30.8 Å². The van der Waals surface area contributed by atoms with Gasteiger partial charge in [-0.2, -0.15) is 0 Å². The SMILES string of the molecule is c1ccc(CNc2ncc(CN3CCc4[nH]cnc4C3c3ccncc3)cn2)cc1. The van der Waals surface area contributed by atoms with Crippen LogP contribution in [-0.2, 0) is 19.5 Å². The molecule has 1 aliphatic rings. The quantitative estimate of drug-likeness (QED) is 0.519. The second-order valence-electron chi connectivity index (χ2n) is 7.42. The first-order chi connectivity index (χ1) is 14.9. The predicted octanol–water partition coefficient (Wildman–Crippen LogP) is 3.35. The standard InChI is InChI=1S/C23H23N7/c1-2-4-17(5-3-1)12-25-23-26-13-18(14-27-23)15-30-11-8-20-21(29-16-28-20)22(30)19-6-9-24-10-7-19/h1-7,9-10,13-14,16,22H,8,11-12,15H2,(H,28,29)(H,25,26,27). The van der Waals surface area contributed by atoms with Gasteiger partial charge in [-0.1, -0.05) is 30.3 Å². The Morgan fingerprint density at radius 3 is 2.57 bits per heavy atom. The largest absolute Gasteiger partial charge is 0.350 e. The van der Waals surface area contributed by atoms with Crippen molar-refractivity contribution in [2.24, 2.45) is 0 Å². The monoisotopic (exact) mass is 397 g/mol. The summed E-state index contributed by atoms with van der Waals surface area (Å²) >= 11 is 0. The summed E-state index contributed by atoms with van der Waals surface area (Å²) in [5.41, 5.74) is 5.78. The minimum atomic E-state index is 0.0962. The molecule has 0 saturated carbocycles. The number of rotatable bonds is 6. The van der Waals surface area contributed by atoms with E-state index < -0.39 is 0 Å². The first-order valence-electron chi connectivity index (χ1n) is 10.1. The van der Waals surface area contributed by atoms with Crippen LogP contribution in [0.2, 0.25) is 0 Å². The molecule has 0 spiro atoms. The molecule has 0 fully saturated rings. The third kappa shape index (κ3) is 3.92. The molecule has 0 radical (unpaired) electrons. The van der Waals surface area contributed by atoms with Gasteiger partial charge in [-0.15, -0.1) is 0 Å². The molecule has 0 bridgehead atoms. The van der Waals surface area contributed by atoms with Gasteiger partial charge in [0.05, 0.1) is 18.1 Å². The van der Waals surface area contributed by atoms with E-state index in [1.807, 2.05) is 43.0 Å². The maximum absolute atomic E-state index is 4.61. The van der Waals surface area contributed by atoms with Crippen LogP contribution in [0.3, 0.4) is 0 Å². The zero-order valence-corrected chi connectivity index (χ0v) is 16.6. The minimum Gasteiger partial charge on any atom is -0.350 e. The number of nitrogens with zero attached hydrogens (tertiary/aromatic N) is 5. The van der Waals surface area contributed by atoms with Crippen LogP contribution in [0.25, 0.3) is 0 Å². The number of nitrogens with one attached hydrogen (secondary N) is 2. The molecule has 4 heterocycles. The van der Waals surface area contributed by atoms with Crippen LogP contribution in [0.1, 0.15) is 34.1 Å². The third-order valence-electron chi connectivity index (χ3n) is 5.43. The molecule has 7 nitrogen and oxygen atoms in total. The Labute approximate surface area is 175 Å².